The minimum Gasteiger partial charge on any atom is -0.481 e. The molecule has 2 aromatic carbocycles. The van der Waals surface area contributed by atoms with Gasteiger partial charge in [0.15, 0.2) is 6.10 Å². The second kappa shape index (κ2) is 7.65. The van der Waals surface area contributed by atoms with Crippen LogP contribution in [0.15, 0.2) is 48.5 Å². The summed E-state index contributed by atoms with van der Waals surface area (Å²) < 4.78 is 5.55. The number of benzene rings is 2. The molecule has 120 valence electrons. The number of nitrogens with one attached hydrogen (secondary N) is 2. The average Bonchev–Trinajstić information content (AvgIpc) is 2.54. The van der Waals surface area contributed by atoms with E-state index in [0.717, 1.165) is 0 Å². The summed E-state index contributed by atoms with van der Waals surface area (Å²) in [7, 11) is 1.55. The lowest BCUT2D eigenvalue weighted by atomic mass is 10.2. The van der Waals surface area contributed by atoms with Crippen molar-refractivity contribution in [1.29, 1.82) is 0 Å². The van der Waals surface area contributed by atoms with Crippen molar-refractivity contribution in [2.75, 3.05) is 12.4 Å². The highest BCUT2D eigenvalue weighted by molar-refractivity contribution is 6.30. The van der Waals surface area contributed by atoms with E-state index in [-0.39, 0.29) is 11.8 Å². The largest absolute Gasteiger partial charge is 0.481 e. The number of carbonyl (C=O) groups excluding carboxylic acids is 2. The summed E-state index contributed by atoms with van der Waals surface area (Å²) in [4.78, 5) is 23.8. The second-order valence-electron chi connectivity index (χ2n) is 4.87. The maximum Gasteiger partial charge on any atom is 0.265 e. The maximum atomic E-state index is 12.2. The lowest BCUT2D eigenvalue weighted by molar-refractivity contribution is -0.122. The molecule has 0 spiro atoms. The van der Waals surface area contributed by atoms with E-state index in [0.29, 0.717) is 22.0 Å². The minimum absolute atomic E-state index is 0.218. The fourth-order valence-corrected chi connectivity index (χ4v) is 2.10. The van der Waals surface area contributed by atoms with E-state index >= 15 is 0 Å². The van der Waals surface area contributed by atoms with Gasteiger partial charge < -0.3 is 15.4 Å². The molecule has 1 unspecified atom stereocenters. The zero-order valence-electron chi connectivity index (χ0n) is 12.8. The van der Waals surface area contributed by atoms with Crippen LogP contribution in [0.4, 0.5) is 5.69 Å². The number of rotatable bonds is 5. The molecule has 23 heavy (non-hydrogen) atoms. The van der Waals surface area contributed by atoms with Crippen LogP contribution in [0.5, 0.6) is 5.75 Å². The Labute approximate surface area is 139 Å². The van der Waals surface area contributed by atoms with Gasteiger partial charge in [-0.25, -0.2) is 0 Å². The summed E-state index contributed by atoms with van der Waals surface area (Å²) in [5, 5.41) is 5.79. The van der Waals surface area contributed by atoms with Crippen molar-refractivity contribution in [2.45, 2.75) is 13.0 Å². The Hall–Kier alpha value is -2.53. The molecule has 0 aliphatic rings. The number of halogens is 1. The van der Waals surface area contributed by atoms with Crippen molar-refractivity contribution in [3.05, 3.63) is 59.1 Å². The van der Waals surface area contributed by atoms with Crippen molar-refractivity contribution in [2.24, 2.45) is 0 Å². The lowest BCUT2D eigenvalue weighted by Crippen LogP contribution is -2.30. The Kier molecular flexibility index (Phi) is 5.60. The molecule has 0 saturated carbocycles. The summed E-state index contributed by atoms with van der Waals surface area (Å²) in [5.41, 5.74) is 0.992. The molecule has 0 heterocycles. The lowest BCUT2D eigenvalue weighted by Gasteiger charge is -2.15. The fraction of sp³-hybridized carbons (Fsp3) is 0.176. The summed E-state index contributed by atoms with van der Waals surface area (Å²) in [6.07, 6.45) is -0.711. The van der Waals surface area contributed by atoms with Gasteiger partial charge in [0.05, 0.1) is 0 Å². The second-order valence-corrected chi connectivity index (χ2v) is 5.30. The van der Waals surface area contributed by atoms with E-state index < -0.39 is 6.10 Å². The van der Waals surface area contributed by atoms with E-state index in [1.165, 1.54) is 0 Å². The fourth-order valence-electron chi connectivity index (χ4n) is 1.92. The van der Waals surface area contributed by atoms with Crippen LogP contribution < -0.4 is 15.4 Å². The Morgan fingerprint density at radius 1 is 1.13 bits per heavy atom. The summed E-state index contributed by atoms with van der Waals surface area (Å²) in [6, 6.07) is 13.5. The van der Waals surface area contributed by atoms with Crippen molar-refractivity contribution < 1.29 is 14.3 Å². The number of hydrogen-bond donors (Lipinski definition) is 2. The molecule has 0 radical (unpaired) electrons. The summed E-state index contributed by atoms with van der Waals surface area (Å²) in [5.74, 6) is -0.0254. The standard InChI is InChI=1S/C17H17ClN2O3/c1-11(23-15-8-4-6-13(18)10-15)16(21)20-14-7-3-5-12(9-14)17(22)19-2/h3-11H,1-2H3,(H,19,22)(H,20,21). The molecule has 0 bridgehead atoms. The van der Waals surface area contributed by atoms with Crippen LogP contribution in [-0.2, 0) is 4.79 Å². The molecule has 6 heteroatoms. The Morgan fingerprint density at radius 3 is 2.57 bits per heavy atom. The number of ether oxygens (including phenoxy) is 1. The van der Waals surface area contributed by atoms with Crippen LogP contribution in [0, 0.1) is 0 Å². The zero-order chi connectivity index (χ0) is 16.8. The van der Waals surface area contributed by atoms with Gasteiger partial charge in [0, 0.05) is 23.3 Å². The first-order chi connectivity index (χ1) is 11.0. The SMILES string of the molecule is CNC(=O)c1cccc(NC(=O)C(C)Oc2cccc(Cl)c2)c1. The number of anilines is 1. The minimum atomic E-state index is -0.711. The molecule has 2 amide bonds. The predicted molar refractivity (Wildman–Crippen MR) is 90.0 cm³/mol. The quantitative estimate of drug-likeness (QED) is 0.884. The summed E-state index contributed by atoms with van der Waals surface area (Å²) in [6.45, 7) is 1.64. The molecule has 0 aliphatic carbocycles. The van der Waals surface area contributed by atoms with Crippen LogP contribution in [0.2, 0.25) is 5.02 Å². The third-order valence-electron chi connectivity index (χ3n) is 3.10. The topological polar surface area (TPSA) is 67.4 Å². The third-order valence-corrected chi connectivity index (χ3v) is 3.33. The van der Waals surface area contributed by atoms with Crippen LogP contribution in [-0.4, -0.2) is 25.0 Å². The van der Waals surface area contributed by atoms with E-state index in [1.807, 2.05) is 0 Å². The maximum absolute atomic E-state index is 12.2. The van der Waals surface area contributed by atoms with Crippen LogP contribution in [0.1, 0.15) is 17.3 Å². The molecular weight excluding hydrogens is 316 g/mol. The highest BCUT2D eigenvalue weighted by atomic mass is 35.5. The molecular formula is C17H17ClN2O3. The van der Waals surface area contributed by atoms with Gasteiger partial charge in [0.25, 0.3) is 11.8 Å². The third kappa shape index (κ3) is 4.72. The van der Waals surface area contributed by atoms with Crippen molar-refractivity contribution in [3.8, 4) is 5.75 Å². The van der Waals surface area contributed by atoms with Gasteiger partial charge in [-0.05, 0) is 43.3 Å². The van der Waals surface area contributed by atoms with Crippen LogP contribution in [0.25, 0.3) is 0 Å². The van der Waals surface area contributed by atoms with Crippen molar-refractivity contribution in [3.63, 3.8) is 0 Å². The Balaban J connectivity index is 2.02. The first-order valence-corrected chi connectivity index (χ1v) is 7.42. The van der Waals surface area contributed by atoms with Crippen molar-refractivity contribution >= 4 is 29.1 Å². The van der Waals surface area contributed by atoms with Gasteiger partial charge in [-0.3, -0.25) is 9.59 Å². The molecule has 1 atom stereocenters. The number of amides is 2. The van der Waals surface area contributed by atoms with Gasteiger partial charge in [-0.15, -0.1) is 0 Å². The van der Waals surface area contributed by atoms with Gasteiger partial charge in [0.2, 0.25) is 0 Å². The van der Waals surface area contributed by atoms with Gasteiger partial charge >= 0.3 is 0 Å². The number of carbonyl (C=O) groups is 2. The average molecular weight is 333 g/mol. The van der Waals surface area contributed by atoms with E-state index in [4.69, 9.17) is 16.3 Å². The molecule has 0 aliphatic heterocycles. The normalized spacial score (nSPS) is 11.4. The zero-order valence-corrected chi connectivity index (χ0v) is 13.6. The first kappa shape index (κ1) is 16.8. The van der Waals surface area contributed by atoms with E-state index in [1.54, 1.807) is 62.5 Å². The molecule has 2 aromatic rings. The van der Waals surface area contributed by atoms with Gasteiger partial charge in [-0.2, -0.15) is 0 Å². The van der Waals surface area contributed by atoms with Gasteiger partial charge in [-0.1, -0.05) is 23.7 Å². The molecule has 0 saturated heterocycles. The van der Waals surface area contributed by atoms with Gasteiger partial charge in [0.1, 0.15) is 5.75 Å². The predicted octanol–water partition coefficient (Wildman–Crippen LogP) is 3.11. The highest BCUT2D eigenvalue weighted by Gasteiger charge is 2.15. The Bertz CT molecular complexity index is 718. The van der Waals surface area contributed by atoms with Crippen LogP contribution >= 0.6 is 11.6 Å². The van der Waals surface area contributed by atoms with Crippen LogP contribution in [0.3, 0.4) is 0 Å². The first-order valence-electron chi connectivity index (χ1n) is 7.05. The van der Waals surface area contributed by atoms with Crippen molar-refractivity contribution in [1.82, 2.24) is 5.32 Å². The molecule has 2 N–H and O–H groups in total. The molecule has 5 nitrogen and oxygen atoms in total. The molecule has 0 aromatic heterocycles. The molecule has 0 fully saturated rings. The number of hydrogen-bond acceptors (Lipinski definition) is 3. The monoisotopic (exact) mass is 332 g/mol. The van der Waals surface area contributed by atoms with E-state index in [2.05, 4.69) is 10.6 Å². The molecule has 2 rings (SSSR count). The van der Waals surface area contributed by atoms with E-state index in [9.17, 15) is 9.59 Å². The highest BCUT2D eigenvalue weighted by Crippen LogP contribution is 2.19. The Morgan fingerprint density at radius 2 is 1.87 bits per heavy atom. The summed E-state index contributed by atoms with van der Waals surface area (Å²) >= 11 is 5.88. The smallest absolute Gasteiger partial charge is 0.265 e.